The Hall–Kier alpha value is -3.58. The lowest BCUT2D eigenvalue weighted by Gasteiger charge is -2.08. The third-order valence-corrected chi connectivity index (χ3v) is 2.94. The van der Waals surface area contributed by atoms with Gasteiger partial charge in [-0.15, -0.1) is 0 Å². The highest BCUT2D eigenvalue weighted by molar-refractivity contribution is 5.63. The number of benzene rings is 2. The van der Waals surface area contributed by atoms with E-state index in [4.69, 9.17) is 10.6 Å². The van der Waals surface area contributed by atoms with E-state index in [1.165, 1.54) is 18.2 Å². The van der Waals surface area contributed by atoms with Crippen molar-refractivity contribution in [3.8, 4) is 5.75 Å². The zero-order valence-electron chi connectivity index (χ0n) is 11.6. The molecule has 0 aromatic heterocycles. The van der Waals surface area contributed by atoms with Gasteiger partial charge >= 0.3 is 6.16 Å². The molecule has 0 heterocycles. The monoisotopic (exact) mass is 314 g/mol. The van der Waals surface area contributed by atoms with E-state index in [9.17, 15) is 14.9 Å². The van der Waals surface area contributed by atoms with Gasteiger partial charge in [0.2, 0.25) is 0 Å². The molecule has 2 rings (SSSR count). The molecule has 0 amide bonds. The first-order valence-corrected chi connectivity index (χ1v) is 6.31. The Kier molecular flexibility index (Phi) is 4.75. The molecule has 0 aliphatic rings. The predicted molar refractivity (Wildman–Crippen MR) is 79.8 cm³/mol. The normalized spacial score (nSPS) is 9.74. The van der Waals surface area contributed by atoms with Gasteiger partial charge in [0.25, 0.3) is 5.69 Å². The van der Waals surface area contributed by atoms with Gasteiger partial charge in [0.15, 0.2) is 0 Å². The molecule has 0 bridgehead atoms. The van der Waals surface area contributed by atoms with Gasteiger partial charge in [-0.05, 0) is 17.2 Å². The number of nitrogens with zero attached hydrogens (tertiary/aromatic N) is 4. The number of carboxylic acid groups (broad SMARTS) is 1. The summed E-state index contributed by atoms with van der Waals surface area (Å²) in [5.74, 6) is 0.0298. The van der Waals surface area contributed by atoms with E-state index in [0.717, 1.165) is 5.56 Å². The minimum Gasteiger partial charge on any atom is -0.449 e. The van der Waals surface area contributed by atoms with Gasteiger partial charge < -0.3 is 9.84 Å². The van der Waals surface area contributed by atoms with Gasteiger partial charge in [0.05, 0.1) is 4.92 Å². The molecule has 0 saturated heterocycles. The molecule has 116 valence electrons. The SMILES string of the molecule is [N-]=[N+]=Nc1ccc(Cc2cc([N+](=O)[O-])ccc2OC(=O)O)cc1. The van der Waals surface area contributed by atoms with Crippen molar-refractivity contribution in [1.29, 1.82) is 0 Å². The minimum atomic E-state index is -1.50. The second-order valence-corrected chi connectivity index (χ2v) is 4.45. The second kappa shape index (κ2) is 6.92. The molecule has 0 fully saturated rings. The minimum absolute atomic E-state index is 0.0298. The van der Waals surface area contributed by atoms with Gasteiger partial charge in [-0.1, -0.05) is 29.4 Å². The summed E-state index contributed by atoms with van der Waals surface area (Å²) >= 11 is 0. The van der Waals surface area contributed by atoms with E-state index in [0.29, 0.717) is 11.3 Å². The van der Waals surface area contributed by atoms with Crippen LogP contribution in [-0.2, 0) is 6.42 Å². The van der Waals surface area contributed by atoms with E-state index in [2.05, 4.69) is 14.8 Å². The molecule has 2 aromatic carbocycles. The Balaban J connectivity index is 2.34. The Morgan fingerprint density at radius 2 is 2.00 bits per heavy atom. The first kappa shape index (κ1) is 15.8. The Labute approximate surface area is 129 Å². The quantitative estimate of drug-likeness (QED) is 0.168. The summed E-state index contributed by atoms with van der Waals surface area (Å²) in [6.45, 7) is 0. The van der Waals surface area contributed by atoms with Crippen molar-refractivity contribution in [3.63, 3.8) is 0 Å². The van der Waals surface area contributed by atoms with Crippen LogP contribution in [0.15, 0.2) is 47.6 Å². The molecule has 2 aromatic rings. The third-order valence-electron chi connectivity index (χ3n) is 2.94. The number of nitro benzene ring substituents is 1. The smallest absolute Gasteiger partial charge is 0.449 e. The van der Waals surface area contributed by atoms with Crippen molar-refractivity contribution in [2.24, 2.45) is 5.11 Å². The van der Waals surface area contributed by atoms with Gasteiger partial charge in [-0.3, -0.25) is 10.1 Å². The second-order valence-electron chi connectivity index (χ2n) is 4.45. The number of hydrogen-bond donors (Lipinski definition) is 1. The van der Waals surface area contributed by atoms with Crippen molar-refractivity contribution >= 4 is 17.5 Å². The zero-order chi connectivity index (χ0) is 16.8. The molecule has 9 heteroatoms. The number of non-ortho nitro benzene ring substituents is 1. The highest BCUT2D eigenvalue weighted by atomic mass is 16.7. The van der Waals surface area contributed by atoms with Crippen molar-refractivity contribution in [1.82, 2.24) is 0 Å². The van der Waals surface area contributed by atoms with Crippen LogP contribution in [0.2, 0.25) is 0 Å². The van der Waals surface area contributed by atoms with Crippen molar-refractivity contribution in [3.05, 3.63) is 74.1 Å². The van der Waals surface area contributed by atoms with Gasteiger partial charge in [0, 0.05) is 34.7 Å². The van der Waals surface area contributed by atoms with Gasteiger partial charge in [-0.2, -0.15) is 0 Å². The summed E-state index contributed by atoms with van der Waals surface area (Å²) < 4.78 is 4.64. The molecule has 0 aliphatic heterocycles. The highest BCUT2D eigenvalue weighted by Crippen LogP contribution is 2.27. The van der Waals surface area contributed by atoms with Crippen LogP contribution in [0.5, 0.6) is 5.75 Å². The van der Waals surface area contributed by atoms with Crippen LogP contribution in [-0.4, -0.2) is 16.2 Å². The summed E-state index contributed by atoms with van der Waals surface area (Å²) in [4.78, 5) is 23.7. The number of rotatable bonds is 5. The number of azide groups is 1. The summed E-state index contributed by atoms with van der Waals surface area (Å²) in [7, 11) is 0. The molecule has 0 spiro atoms. The summed E-state index contributed by atoms with van der Waals surface area (Å²) in [5.41, 5.74) is 9.72. The molecule has 0 aliphatic carbocycles. The van der Waals surface area contributed by atoms with Crippen molar-refractivity contribution in [2.45, 2.75) is 6.42 Å². The van der Waals surface area contributed by atoms with E-state index >= 15 is 0 Å². The fourth-order valence-electron chi connectivity index (χ4n) is 1.96. The third kappa shape index (κ3) is 4.19. The molecular formula is C14H10N4O5. The maximum atomic E-state index is 10.9. The molecular weight excluding hydrogens is 304 g/mol. The van der Waals surface area contributed by atoms with Crippen LogP contribution in [0.4, 0.5) is 16.2 Å². The number of hydrogen-bond acceptors (Lipinski definition) is 5. The van der Waals surface area contributed by atoms with Crippen LogP contribution < -0.4 is 4.74 Å². The lowest BCUT2D eigenvalue weighted by molar-refractivity contribution is -0.384. The van der Waals surface area contributed by atoms with Crippen molar-refractivity contribution < 1.29 is 19.6 Å². The van der Waals surface area contributed by atoms with E-state index in [-0.39, 0.29) is 17.9 Å². The Morgan fingerprint density at radius 3 is 2.57 bits per heavy atom. The number of ether oxygens (including phenoxy) is 1. The summed E-state index contributed by atoms with van der Waals surface area (Å²) in [5, 5.41) is 23.0. The molecule has 0 saturated carbocycles. The predicted octanol–water partition coefficient (Wildman–Crippen LogP) is 4.18. The van der Waals surface area contributed by atoms with Crippen LogP contribution in [0, 0.1) is 10.1 Å². The van der Waals surface area contributed by atoms with E-state index in [1.54, 1.807) is 24.3 Å². The number of nitro groups is 1. The Morgan fingerprint density at radius 1 is 1.30 bits per heavy atom. The summed E-state index contributed by atoms with van der Waals surface area (Å²) in [6, 6.07) is 10.2. The summed E-state index contributed by atoms with van der Waals surface area (Å²) in [6.07, 6.45) is -1.28. The Bertz CT molecular complexity index is 797. The standard InChI is InChI=1S/C14H10N4O5/c15-17-16-11-3-1-9(2-4-11)7-10-8-12(18(21)22)5-6-13(10)23-14(19)20/h1-6,8H,7H2,(H,19,20). The van der Waals surface area contributed by atoms with Crippen molar-refractivity contribution in [2.75, 3.05) is 0 Å². The number of carbonyl (C=O) groups is 1. The molecule has 0 unspecified atom stereocenters. The molecule has 1 N–H and O–H groups in total. The first-order chi connectivity index (χ1) is 11.0. The highest BCUT2D eigenvalue weighted by Gasteiger charge is 2.14. The van der Waals surface area contributed by atoms with E-state index < -0.39 is 11.1 Å². The van der Waals surface area contributed by atoms with Gasteiger partial charge in [0.1, 0.15) is 5.75 Å². The van der Waals surface area contributed by atoms with Crippen LogP contribution in [0.25, 0.3) is 10.4 Å². The van der Waals surface area contributed by atoms with Gasteiger partial charge in [-0.25, -0.2) is 4.79 Å². The average Bonchev–Trinajstić information content (AvgIpc) is 2.50. The fourth-order valence-corrected chi connectivity index (χ4v) is 1.96. The van der Waals surface area contributed by atoms with Crippen LogP contribution >= 0.6 is 0 Å². The topological polar surface area (TPSA) is 138 Å². The van der Waals surface area contributed by atoms with Crippen LogP contribution in [0.1, 0.15) is 11.1 Å². The molecule has 0 radical (unpaired) electrons. The lowest BCUT2D eigenvalue weighted by Crippen LogP contribution is -2.06. The lowest BCUT2D eigenvalue weighted by atomic mass is 10.0. The van der Waals surface area contributed by atoms with Crippen LogP contribution in [0.3, 0.4) is 0 Å². The van der Waals surface area contributed by atoms with E-state index in [1.807, 2.05) is 0 Å². The molecule has 23 heavy (non-hydrogen) atoms. The maximum Gasteiger partial charge on any atom is 0.511 e. The average molecular weight is 314 g/mol. The zero-order valence-corrected chi connectivity index (χ0v) is 11.6. The maximum absolute atomic E-state index is 10.9. The molecule has 9 nitrogen and oxygen atoms in total. The first-order valence-electron chi connectivity index (χ1n) is 6.31. The largest absolute Gasteiger partial charge is 0.511 e. The fraction of sp³-hybridized carbons (Fsp3) is 0.0714. The molecule has 0 atom stereocenters.